The number of hydrogen-bond donors (Lipinski definition) is 1. The van der Waals surface area contributed by atoms with E-state index in [-0.39, 0.29) is 30.2 Å². The molecule has 0 aliphatic carbocycles. The summed E-state index contributed by atoms with van der Waals surface area (Å²) in [6, 6.07) is 15.9. The van der Waals surface area contributed by atoms with Crippen LogP contribution in [0, 0.1) is 12.8 Å². The molecule has 140 valence electrons. The lowest BCUT2D eigenvalue weighted by atomic mass is 9.99. The van der Waals surface area contributed by atoms with Crippen molar-refractivity contribution in [1.29, 1.82) is 0 Å². The van der Waals surface area contributed by atoms with E-state index in [0.29, 0.717) is 19.7 Å². The number of nitrogens with zero attached hydrogens (tertiary/aromatic N) is 1. The maximum Gasteiger partial charge on any atom is 0.225 e. The number of likely N-dealkylation sites (tertiary alicyclic amines) is 1. The third-order valence-electron chi connectivity index (χ3n) is 5.35. The molecule has 2 unspecified atom stereocenters. The highest BCUT2D eigenvalue weighted by atomic mass is 16.5. The van der Waals surface area contributed by atoms with Crippen LogP contribution in [0.2, 0.25) is 0 Å². The van der Waals surface area contributed by atoms with Gasteiger partial charge in [0.05, 0.1) is 18.6 Å². The molecule has 2 aliphatic heterocycles. The topological polar surface area (TPSA) is 58.6 Å². The normalized spacial score (nSPS) is 21.5. The van der Waals surface area contributed by atoms with E-state index in [0.717, 1.165) is 23.3 Å². The summed E-state index contributed by atoms with van der Waals surface area (Å²) in [6.45, 7) is 3.66. The lowest BCUT2D eigenvalue weighted by Crippen LogP contribution is -2.37. The van der Waals surface area contributed by atoms with Gasteiger partial charge in [-0.1, -0.05) is 48.0 Å². The van der Waals surface area contributed by atoms with Gasteiger partial charge in [0, 0.05) is 31.5 Å². The number of ether oxygens (including phenoxy) is 1. The van der Waals surface area contributed by atoms with Crippen molar-refractivity contribution in [1.82, 2.24) is 10.2 Å². The lowest BCUT2D eigenvalue weighted by Gasteiger charge is -2.27. The molecule has 2 aromatic rings. The van der Waals surface area contributed by atoms with Crippen LogP contribution in [-0.4, -0.2) is 29.9 Å². The number of benzene rings is 2. The first-order valence-corrected chi connectivity index (χ1v) is 9.45. The van der Waals surface area contributed by atoms with E-state index in [4.69, 9.17) is 4.74 Å². The second-order valence-corrected chi connectivity index (χ2v) is 7.40. The SMILES string of the molecule is Cc1ccc(CN2CC(C(=O)NC3CCOc4ccccc43)CC2=O)cc1. The first-order chi connectivity index (χ1) is 13.1. The Morgan fingerprint density at radius 2 is 1.96 bits per heavy atom. The smallest absolute Gasteiger partial charge is 0.225 e. The van der Waals surface area contributed by atoms with Gasteiger partial charge in [0.15, 0.2) is 0 Å². The number of nitrogens with one attached hydrogen (secondary N) is 1. The Kier molecular flexibility index (Phi) is 4.84. The average Bonchev–Trinajstić information content (AvgIpc) is 3.04. The number of para-hydroxylation sites is 1. The first kappa shape index (κ1) is 17.6. The van der Waals surface area contributed by atoms with Crippen molar-refractivity contribution >= 4 is 11.8 Å². The predicted molar refractivity (Wildman–Crippen MR) is 102 cm³/mol. The fourth-order valence-electron chi connectivity index (χ4n) is 3.80. The van der Waals surface area contributed by atoms with Crippen LogP contribution in [0.5, 0.6) is 5.75 Å². The van der Waals surface area contributed by atoms with Gasteiger partial charge in [-0.15, -0.1) is 0 Å². The van der Waals surface area contributed by atoms with Gasteiger partial charge in [0.1, 0.15) is 5.75 Å². The number of carbonyl (C=O) groups excluding carboxylic acids is 2. The molecule has 2 atom stereocenters. The molecule has 0 spiro atoms. The van der Waals surface area contributed by atoms with Gasteiger partial charge >= 0.3 is 0 Å². The van der Waals surface area contributed by atoms with Gasteiger partial charge in [-0.3, -0.25) is 9.59 Å². The van der Waals surface area contributed by atoms with Crippen molar-refractivity contribution in [3.8, 4) is 5.75 Å². The molecular formula is C22H24N2O3. The quantitative estimate of drug-likeness (QED) is 0.907. The minimum Gasteiger partial charge on any atom is -0.493 e. The molecule has 0 radical (unpaired) electrons. The Morgan fingerprint density at radius 3 is 2.78 bits per heavy atom. The Morgan fingerprint density at radius 1 is 1.19 bits per heavy atom. The summed E-state index contributed by atoms with van der Waals surface area (Å²) < 4.78 is 5.66. The number of carbonyl (C=O) groups is 2. The van der Waals surface area contributed by atoms with Crippen LogP contribution in [-0.2, 0) is 16.1 Å². The largest absolute Gasteiger partial charge is 0.493 e. The Balaban J connectivity index is 1.39. The zero-order valence-corrected chi connectivity index (χ0v) is 15.5. The summed E-state index contributed by atoms with van der Waals surface area (Å²) in [7, 11) is 0. The maximum atomic E-state index is 12.8. The molecule has 5 heteroatoms. The highest BCUT2D eigenvalue weighted by molar-refractivity contribution is 5.89. The van der Waals surface area contributed by atoms with Crippen molar-refractivity contribution in [3.63, 3.8) is 0 Å². The zero-order valence-electron chi connectivity index (χ0n) is 15.5. The number of amides is 2. The summed E-state index contributed by atoms with van der Waals surface area (Å²) in [5.74, 6) is 0.537. The molecule has 1 N–H and O–H groups in total. The molecule has 27 heavy (non-hydrogen) atoms. The third kappa shape index (κ3) is 3.82. The molecule has 0 saturated carbocycles. The van der Waals surface area contributed by atoms with E-state index < -0.39 is 0 Å². The van der Waals surface area contributed by atoms with Gasteiger partial charge in [0.2, 0.25) is 11.8 Å². The second-order valence-electron chi connectivity index (χ2n) is 7.40. The van der Waals surface area contributed by atoms with Crippen LogP contribution in [0.25, 0.3) is 0 Å². The lowest BCUT2D eigenvalue weighted by molar-refractivity contribution is -0.129. The van der Waals surface area contributed by atoms with Crippen molar-refractivity contribution < 1.29 is 14.3 Å². The number of aryl methyl sites for hydroxylation is 1. The van der Waals surface area contributed by atoms with Crippen molar-refractivity contribution in [2.75, 3.05) is 13.2 Å². The fourth-order valence-corrected chi connectivity index (χ4v) is 3.80. The standard InChI is InChI=1S/C22H24N2O3/c1-15-6-8-16(9-7-15)13-24-14-17(12-21(24)25)22(26)23-19-10-11-27-20-5-3-2-4-18(19)20/h2-9,17,19H,10-14H2,1H3,(H,23,26). The van der Waals surface area contributed by atoms with E-state index in [2.05, 4.69) is 5.32 Å². The molecule has 4 rings (SSSR count). The van der Waals surface area contributed by atoms with E-state index >= 15 is 0 Å². The fraction of sp³-hybridized carbons (Fsp3) is 0.364. The molecule has 0 bridgehead atoms. The van der Waals surface area contributed by atoms with Gasteiger partial charge < -0.3 is 15.0 Å². The van der Waals surface area contributed by atoms with Gasteiger partial charge in [-0.05, 0) is 18.6 Å². The van der Waals surface area contributed by atoms with Crippen molar-refractivity contribution in [2.45, 2.75) is 32.4 Å². The zero-order chi connectivity index (χ0) is 18.8. The maximum absolute atomic E-state index is 12.8. The van der Waals surface area contributed by atoms with Crippen LogP contribution in [0.3, 0.4) is 0 Å². The van der Waals surface area contributed by atoms with E-state index in [9.17, 15) is 9.59 Å². The third-order valence-corrected chi connectivity index (χ3v) is 5.35. The van der Waals surface area contributed by atoms with Gasteiger partial charge in [-0.2, -0.15) is 0 Å². The van der Waals surface area contributed by atoms with Crippen LogP contribution in [0.15, 0.2) is 48.5 Å². The minimum absolute atomic E-state index is 0.0445. The van der Waals surface area contributed by atoms with Crippen molar-refractivity contribution in [3.05, 3.63) is 65.2 Å². The second kappa shape index (κ2) is 7.43. The first-order valence-electron chi connectivity index (χ1n) is 9.45. The molecule has 2 heterocycles. The monoisotopic (exact) mass is 364 g/mol. The predicted octanol–water partition coefficient (Wildman–Crippen LogP) is 2.98. The molecule has 5 nitrogen and oxygen atoms in total. The molecule has 2 aliphatic rings. The van der Waals surface area contributed by atoms with Crippen LogP contribution in [0.4, 0.5) is 0 Å². The number of fused-ring (bicyclic) bond motifs is 1. The van der Waals surface area contributed by atoms with Crippen LogP contribution >= 0.6 is 0 Å². The number of rotatable bonds is 4. The molecular weight excluding hydrogens is 340 g/mol. The number of hydrogen-bond acceptors (Lipinski definition) is 3. The summed E-state index contributed by atoms with van der Waals surface area (Å²) >= 11 is 0. The molecule has 2 amide bonds. The summed E-state index contributed by atoms with van der Waals surface area (Å²) in [5, 5.41) is 3.13. The van der Waals surface area contributed by atoms with Gasteiger partial charge in [0.25, 0.3) is 0 Å². The molecule has 0 aromatic heterocycles. The van der Waals surface area contributed by atoms with E-state index in [1.165, 1.54) is 5.56 Å². The summed E-state index contributed by atoms with van der Waals surface area (Å²) in [5.41, 5.74) is 3.30. The minimum atomic E-state index is -0.294. The van der Waals surface area contributed by atoms with Crippen LogP contribution < -0.4 is 10.1 Å². The Bertz CT molecular complexity index is 847. The van der Waals surface area contributed by atoms with Crippen molar-refractivity contribution in [2.24, 2.45) is 5.92 Å². The summed E-state index contributed by atoms with van der Waals surface area (Å²) in [4.78, 5) is 26.9. The van der Waals surface area contributed by atoms with Crippen LogP contribution in [0.1, 0.15) is 35.6 Å². The average molecular weight is 364 g/mol. The molecule has 1 fully saturated rings. The van der Waals surface area contributed by atoms with E-state index in [1.807, 2.05) is 55.5 Å². The Labute approximate surface area is 159 Å². The van der Waals surface area contributed by atoms with Gasteiger partial charge in [-0.25, -0.2) is 0 Å². The highest BCUT2D eigenvalue weighted by Gasteiger charge is 2.35. The summed E-state index contributed by atoms with van der Waals surface area (Å²) in [6.07, 6.45) is 1.03. The Hall–Kier alpha value is -2.82. The molecule has 2 aromatic carbocycles. The molecule has 1 saturated heterocycles. The van der Waals surface area contributed by atoms with E-state index in [1.54, 1.807) is 4.90 Å². The highest BCUT2D eigenvalue weighted by Crippen LogP contribution is 2.32.